The van der Waals surface area contributed by atoms with Gasteiger partial charge in [0, 0.05) is 36.4 Å². The molecule has 0 aliphatic heterocycles. The van der Waals surface area contributed by atoms with Crippen LogP contribution < -0.4 is 11.1 Å². The summed E-state index contributed by atoms with van der Waals surface area (Å²) in [7, 11) is -2.38. The lowest BCUT2D eigenvalue weighted by Crippen LogP contribution is -2.35. The van der Waals surface area contributed by atoms with Crippen LogP contribution in [0.4, 0.5) is 0 Å². The third kappa shape index (κ3) is 16.0. The summed E-state index contributed by atoms with van der Waals surface area (Å²) in [4.78, 5) is 58.5. The number of hydrogen-bond acceptors (Lipinski definition) is 9. The molecule has 0 fully saturated rings. The molecular formula is C19H35N3O6S2Si. The van der Waals surface area contributed by atoms with Crippen LogP contribution in [0.25, 0.3) is 0 Å². The van der Waals surface area contributed by atoms with E-state index in [2.05, 4.69) is 10.3 Å². The Hall–Kier alpha value is -1.37. The molecule has 0 heterocycles. The van der Waals surface area contributed by atoms with Crippen molar-refractivity contribution in [2.24, 2.45) is 22.6 Å². The Morgan fingerprint density at radius 2 is 1.87 bits per heavy atom. The van der Waals surface area contributed by atoms with Gasteiger partial charge in [-0.05, 0) is 24.6 Å². The van der Waals surface area contributed by atoms with Gasteiger partial charge in [0.2, 0.25) is 18.2 Å². The van der Waals surface area contributed by atoms with Gasteiger partial charge in [-0.2, -0.15) is 16.6 Å². The molecule has 0 rings (SSSR count). The van der Waals surface area contributed by atoms with Crippen LogP contribution in [0, 0.1) is 11.8 Å². The molecular weight excluding hydrogens is 458 g/mol. The summed E-state index contributed by atoms with van der Waals surface area (Å²) in [5.74, 6) is 3.49. The lowest BCUT2D eigenvalue weighted by atomic mass is 10.1. The summed E-state index contributed by atoms with van der Waals surface area (Å²) in [5, 5.41) is 2.89. The molecule has 31 heavy (non-hydrogen) atoms. The van der Waals surface area contributed by atoms with E-state index < -0.39 is 8.07 Å². The minimum atomic E-state index is -2.38. The molecule has 0 spiro atoms. The van der Waals surface area contributed by atoms with Gasteiger partial charge in [0.25, 0.3) is 0 Å². The first-order valence-corrected chi connectivity index (χ1v) is 15.3. The Morgan fingerprint density at radius 3 is 2.52 bits per heavy atom. The van der Waals surface area contributed by atoms with Crippen molar-refractivity contribution in [2.75, 3.05) is 36.3 Å². The Kier molecular flexibility index (Phi) is 17.4. The zero-order valence-corrected chi connectivity index (χ0v) is 21.2. The number of primary amides is 1. The first-order valence-electron chi connectivity index (χ1n) is 10.2. The van der Waals surface area contributed by atoms with Gasteiger partial charge in [-0.25, -0.2) is 0 Å². The van der Waals surface area contributed by atoms with Crippen molar-refractivity contribution in [3.05, 3.63) is 0 Å². The van der Waals surface area contributed by atoms with Gasteiger partial charge in [-0.3, -0.25) is 14.6 Å². The van der Waals surface area contributed by atoms with E-state index >= 15 is 0 Å². The largest absolute Gasteiger partial charge is 0.369 e. The summed E-state index contributed by atoms with van der Waals surface area (Å²) in [6, 6.07) is 0.577. The van der Waals surface area contributed by atoms with E-state index in [1.54, 1.807) is 25.2 Å². The van der Waals surface area contributed by atoms with Crippen molar-refractivity contribution < 1.29 is 29.0 Å². The summed E-state index contributed by atoms with van der Waals surface area (Å²) < 4.78 is 0. The number of aliphatic imine (C=N–C) groups is 1. The van der Waals surface area contributed by atoms with Crippen LogP contribution in [-0.4, -0.2) is 74.4 Å². The van der Waals surface area contributed by atoms with E-state index in [4.69, 9.17) is 15.5 Å². The number of nitrogens with zero attached hydrogens (tertiary/aromatic N) is 1. The van der Waals surface area contributed by atoms with Crippen molar-refractivity contribution in [2.45, 2.75) is 39.3 Å². The Balaban J connectivity index is 3.61. The van der Waals surface area contributed by atoms with Crippen molar-refractivity contribution in [3.63, 3.8) is 0 Å². The molecule has 0 saturated heterocycles. The van der Waals surface area contributed by atoms with Crippen molar-refractivity contribution >= 4 is 61.6 Å². The molecule has 2 amide bonds. The zero-order chi connectivity index (χ0) is 23.5. The van der Waals surface area contributed by atoms with Gasteiger partial charge in [0.15, 0.2) is 8.07 Å². The van der Waals surface area contributed by atoms with Crippen molar-refractivity contribution in [1.82, 2.24) is 5.32 Å². The molecule has 2 unspecified atom stereocenters. The molecule has 2 atom stereocenters. The van der Waals surface area contributed by atoms with E-state index in [9.17, 15) is 19.2 Å². The molecule has 0 aromatic rings. The predicted molar refractivity (Wildman–Crippen MR) is 130 cm³/mol. The second-order valence-electron chi connectivity index (χ2n) is 7.46. The number of carbonyl (C=O) groups excluding carboxylic acids is 4. The molecule has 0 aliphatic carbocycles. The first-order chi connectivity index (χ1) is 14.8. The Bertz CT molecular complexity index is 575. The zero-order valence-electron chi connectivity index (χ0n) is 18.5. The topological polar surface area (TPSA) is 137 Å². The Morgan fingerprint density at radius 1 is 1.16 bits per heavy atom. The van der Waals surface area contributed by atoms with Gasteiger partial charge >= 0.3 is 0 Å². The van der Waals surface area contributed by atoms with Crippen LogP contribution >= 0.6 is 23.5 Å². The fourth-order valence-electron chi connectivity index (χ4n) is 2.09. The SMILES string of the molecule is CC(CSCCNC(=O)C(C)CCSCOO/C=N/CCC[Si](C)(C=O)C=O)C(N)=O. The van der Waals surface area contributed by atoms with Crippen molar-refractivity contribution in [3.8, 4) is 0 Å². The monoisotopic (exact) mass is 493 g/mol. The second-order valence-corrected chi connectivity index (χ2v) is 13.6. The lowest BCUT2D eigenvalue weighted by Gasteiger charge is -2.12. The molecule has 0 saturated carbocycles. The van der Waals surface area contributed by atoms with E-state index in [1.165, 1.54) is 18.2 Å². The van der Waals surface area contributed by atoms with Gasteiger partial charge in [0.1, 0.15) is 17.8 Å². The van der Waals surface area contributed by atoms with Crippen LogP contribution in [0.15, 0.2) is 4.99 Å². The van der Waals surface area contributed by atoms with Crippen LogP contribution in [0.2, 0.25) is 12.6 Å². The third-order valence-electron chi connectivity index (χ3n) is 4.40. The number of rotatable bonds is 20. The van der Waals surface area contributed by atoms with E-state index in [1.807, 2.05) is 6.92 Å². The molecule has 3 N–H and O–H groups in total. The molecule has 0 bridgehead atoms. The van der Waals surface area contributed by atoms with Crippen LogP contribution in [0.5, 0.6) is 0 Å². The maximum absolute atomic E-state index is 12.0. The maximum Gasteiger partial charge on any atom is 0.222 e. The number of nitrogens with one attached hydrogen (secondary N) is 1. The molecule has 0 aromatic heterocycles. The van der Waals surface area contributed by atoms with Crippen LogP contribution in [-0.2, 0) is 29.0 Å². The van der Waals surface area contributed by atoms with Gasteiger partial charge in [-0.15, -0.1) is 11.8 Å². The number of thioether (sulfide) groups is 2. The number of amides is 2. The van der Waals surface area contributed by atoms with Crippen LogP contribution in [0.3, 0.4) is 0 Å². The fraction of sp³-hybridized carbons (Fsp3) is 0.737. The summed E-state index contributed by atoms with van der Waals surface area (Å²) >= 11 is 3.10. The smallest absolute Gasteiger partial charge is 0.222 e. The highest BCUT2D eigenvalue weighted by atomic mass is 32.2. The lowest BCUT2D eigenvalue weighted by molar-refractivity contribution is -0.196. The third-order valence-corrected chi connectivity index (χ3v) is 8.92. The van der Waals surface area contributed by atoms with Gasteiger partial charge in [-0.1, -0.05) is 20.4 Å². The predicted octanol–water partition coefficient (Wildman–Crippen LogP) is 1.66. The highest BCUT2D eigenvalue weighted by molar-refractivity contribution is 7.99. The van der Waals surface area contributed by atoms with Gasteiger partial charge in [0.05, 0.1) is 0 Å². The number of carbonyl (C=O) groups is 4. The van der Waals surface area contributed by atoms with Crippen LogP contribution in [0.1, 0.15) is 26.7 Å². The number of nitrogens with two attached hydrogens (primary N) is 1. The normalized spacial score (nSPS) is 13.5. The molecule has 178 valence electrons. The van der Waals surface area contributed by atoms with Crippen molar-refractivity contribution in [1.29, 1.82) is 0 Å². The highest BCUT2D eigenvalue weighted by Gasteiger charge is 2.25. The maximum atomic E-state index is 12.0. The molecule has 9 nitrogen and oxygen atoms in total. The quantitative estimate of drug-likeness (QED) is 0.0382. The summed E-state index contributed by atoms with van der Waals surface area (Å²) in [6.45, 7) is 6.43. The minimum Gasteiger partial charge on any atom is -0.369 e. The molecule has 0 radical (unpaired) electrons. The summed E-state index contributed by atoms with van der Waals surface area (Å²) in [6.07, 6.45) is 2.58. The van der Waals surface area contributed by atoms with Gasteiger partial charge < -0.3 is 25.5 Å². The average molecular weight is 494 g/mol. The average Bonchev–Trinajstić information content (AvgIpc) is 2.76. The Labute approximate surface area is 194 Å². The standard InChI is InChI=1S/C19H35N3O6S2Si/c1-16(19(26)22-7-9-29-11-17(2)18(20)25)5-8-30-15-28-27-12-21-6-4-10-31(3,13-23)14-24/h12-14,16-17H,4-11,15H2,1-3H3,(H2,20,25)(H,22,26)/b21-12+. The fourth-order valence-corrected chi connectivity index (χ4v) is 4.99. The molecule has 12 heteroatoms. The van der Waals surface area contributed by atoms with E-state index in [-0.39, 0.29) is 23.7 Å². The minimum absolute atomic E-state index is 0.0109. The highest BCUT2D eigenvalue weighted by Crippen LogP contribution is 2.11. The van der Waals surface area contributed by atoms with E-state index in [0.717, 1.165) is 29.7 Å². The summed E-state index contributed by atoms with van der Waals surface area (Å²) in [5.41, 5.74) is 5.20. The first kappa shape index (κ1) is 29.6. The number of hydrogen-bond donors (Lipinski definition) is 2. The second kappa shape index (κ2) is 18.2. The molecule has 0 aliphatic rings. The van der Waals surface area contributed by atoms with E-state index in [0.29, 0.717) is 37.2 Å². The molecule has 0 aromatic carbocycles.